The van der Waals surface area contributed by atoms with Crippen LogP contribution in [-0.4, -0.2) is 57.3 Å². The Balaban J connectivity index is 1.41. The van der Waals surface area contributed by atoms with Crippen LogP contribution < -0.4 is 0 Å². The van der Waals surface area contributed by atoms with Crippen molar-refractivity contribution >= 4 is 22.8 Å². The maximum absolute atomic E-state index is 13.2. The molecule has 0 aliphatic carbocycles. The fraction of sp³-hybridized carbons (Fsp3) is 0.625. The van der Waals surface area contributed by atoms with Crippen molar-refractivity contribution in [2.24, 2.45) is 11.8 Å². The first-order valence-corrected chi connectivity index (χ1v) is 11.5. The zero-order chi connectivity index (χ0) is 21.1. The summed E-state index contributed by atoms with van der Waals surface area (Å²) < 4.78 is 2.14. The third-order valence-corrected chi connectivity index (χ3v) is 6.72. The highest BCUT2D eigenvalue weighted by Crippen LogP contribution is 2.24. The number of nitrogens with zero attached hydrogens (tertiary/aromatic N) is 4. The predicted octanol–water partition coefficient (Wildman–Crippen LogP) is 3.62. The van der Waals surface area contributed by atoms with Gasteiger partial charge in [-0.3, -0.25) is 9.59 Å². The second kappa shape index (κ2) is 9.19. The fourth-order valence-electron chi connectivity index (χ4n) is 5.02. The van der Waals surface area contributed by atoms with Crippen molar-refractivity contribution in [2.75, 3.05) is 26.2 Å². The summed E-state index contributed by atoms with van der Waals surface area (Å²) in [6, 6.07) is 8.07. The van der Waals surface area contributed by atoms with E-state index >= 15 is 0 Å². The summed E-state index contributed by atoms with van der Waals surface area (Å²) in [6.45, 7) is 7.70. The van der Waals surface area contributed by atoms with E-state index in [1.807, 2.05) is 36.9 Å². The molecule has 4 rings (SSSR count). The van der Waals surface area contributed by atoms with E-state index in [1.165, 1.54) is 12.8 Å². The molecule has 2 aliphatic rings. The summed E-state index contributed by atoms with van der Waals surface area (Å²) >= 11 is 0. The first-order valence-electron chi connectivity index (χ1n) is 11.5. The normalized spacial score (nSPS) is 21.5. The van der Waals surface area contributed by atoms with Gasteiger partial charge >= 0.3 is 0 Å². The van der Waals surface area contributed by atoms with Crippen LogP contribution in [0.3, 0.4) is 0 Å². The molecule has 2 atom stereocenters. The van der Waals surface area contributed by atoms with Gasteiger partial charge in [0, 0.05) is 32.7 Å². The fourth-order valence-corrected chi connectivity index (χ4v) is 5.02. The van der Waals surface area contributed by atoms with Crippen molar-refractivity contribution in [1.82, 2.24) is 19.4 Å². The third kappa shape index (κ3) is 4.37. The maximum atomic E-state index is 13.2. The Hall–Kier alpha value is -2.37. The predicted molar refractivity (Wildman–Crippen MR) is 118 cm³/mol. The van der Waals surface area contributed by atoms with Crippen molar-refractivity contribution < 1.29 is 9.59 Å². The van der Waals surface area contributed by atoms with Crippen molar-refractivity contribution in [3.05, 3.63) is 30.1 Å². The number of fused-ring (bicyclic) bond motifs is 1. The number of carbonyl (C=O) groups is 2. The zero-order valence-electron chi connectivity index (χ0n) is 18.3. The lowest BCUT2D eigenvalue weighted by atomic mass is 9.95. The van der Waals surface area contributed by atoms with Crippen LogP contribution in [0.5, 0.6) is 0 Å². The summed E-state index contributed by atoms with van der Waals surface area (Å²) in [7, 11) is 0. The van der Waals surface area contributed by atoms with Crippen LogP contribution in [-0.2, 0) is 16.1 Å². The largest absolute Gasteiger partial charge is 0.342 e. The number of piperidine rings is 1. The summed E-state index contributed by atoms with van der Waals surface area (Å²) in [4.78, 5) is 34.9. The molecule has 3 heterocycles. The molecule has 0 radical (unpaired) electrons. The summed E-state index contributed by atoms with van der Waals surface area (Å²) in [5.74, 6) is 1.17. The Labute approximate surface area is 179 Å². The molecule has 2 aliphatic heterocycles. The highest BCUT2D eigenvalue weighted by molar-refractivity contribution is 5.82. The van der Waals surface area contributed by atoms with Crippen molar-refractivity contribution in [1.29, 1.82) is 0 Å². The summed E-state index contributed by atoms with van der Waals surface area (Å²) in [6.07, 6.45) is 6.47. The van der Waals surface area contributed by atoms with Gasteiger partial charge in [0.1, 0.15) is 5.82 Å². The van der Waals surface area contributed by atoms with Crippen LogP contribution in [0.2, 0.25) is 0 Å². The average molecular weight is 411 g/mol. The number of amides is 2. The Morgan fingerprint density at radius 2 is 1.73 bits per heavy atom. The SMILES string of the molecule is Cc1nc2ccccc2n1C[C@H](C)C(=O)N1CCC[C@@H](C(=O)N2CCCCCC2)C1. The number of hydrogen-bond acceptors (Lipinski definition) is 3. The molecule has 2 aromatic rings. The molecule has 0 bridgehead atoms. The molecule has 6 heteroatoms. The van der Waals surface area contributed by atoms with Gasteiger partial charge in [0.05, 0.1) is 22.9 Å². The molecule has 162 valence electrons. The highest BCUT2D eigenvalue weighted by Gasteiger charge is 2.33. The molecule has 0 spiro atoms. The second-order valence-electron chi connectivity index (χ2n) is 9.02. The van der Waals surface area contributed by atoms with Crippen molar-refractivity contribution in [3.63, 3.8) is 0 Å². The minimum Gasteiger partial charge on any atom is -0.342 e. The number of aromatic nitrogens is 2. The number of imidazole rings is 1. The van der Waals surface area contributed by atoms with Gasteiger partial charge in [-0.2, -0.15) is 0 Å². The summed E-state index contributed by atoms with van der Waals surface area (Å²) in [5, 5.41) is 0. The van der Waals surface area contributed by atoms with Gasteiger partial charge in [0.15, 0.2) is 0 Å². The van der Waals surface area contributed by atoms with Crippen LogP contribution in [0, 0.1) is 18.8 Å². The van der Waals surface area contributed by atoms with E-state index in [1.54, 1.807) is 0 Å². The highest BCUT2D eigenvalue weighted by atomic mass is 16.2. The Morgan fingerprint density at radius 3 is 2.50 bits per heavy atom. The molecule has 2 saturated heterocycles. The third-order valence-electron chi connectivity index (χ3n) is 6.72. The van der Waals surface area contributed by atoms with Crippen molar-refractivity contribution in [2.45, 2.75) is 58.9 Å². The minimum absolute atomic E-state index is 0.0381. The van der Waals surface area contributed by atoms with Gasteiger partial charge in [-0.15, -0.1) is 0 Å². The van der Waals surface area contributed by atoms with Gasteiger partial charge in [-0.25, -0.2) is 4.98 Å². The topological polar surface area (TPSA) is 58.4 Å². The first kappa shape index (κ1) is 20.9. The monoisotopic (exact) mass is 410 g/mol. The molecule has 1 aromatic carbocycles. The quantitative estimate of drug-likeness (QED) is 0.773. The smallest absolute Gasteiger partial charge is 0.227 e. The van der Waals surface area contributed by atoms with Gasteiger partial charge < -0.3 is 14.4 Å². The molecule has 6 nitrogen and oxygen atoms in total. The number of hydrogen-bond donors (Lipinski definition) is 0. The Kier molecular flexibility index (Phi) is 6.40. The van der Waals surface area contributed by atoms with Gasteiger partial charge in [0.25, 0.3) is 0 Å². The molecule has 0 N–H and O–H groups in total. The van der Waals surface area contributed by atoms with E-state index in [4.69, 9.17) is 0 Å². The second-order valence-corrected chi connectivity index (χ2v) is 9.02. The molecule has 0 unspecified atom stereocenters. The first-order chi connectivity index (χ1) is 14.5. The van der Waals surface area contributed by atoms with Crippen LogP contribution in [0.1, 0.15) is 51.3 Å². The van der Waals surface area contributed by atoms with E-state index in [-0.39, 0.29) is 23.7 Å². The number of benzene rings is 1. The van der Waals surface area contributed by atoms with Crippen molar-refractivity contribution in [3.8, 4) is 0 Å². The maximum Gasteiger partial charge on any atom is 0.227 e. The van der Waals surface area contributed by atoms with Crippen LogP contribution >= 0.6 is 0 Å². The number of carbonyl (C=O) groups excluding carboxylic acids is 2. The van der Waals surface area contributed by atoms with Crippen LogP contribution in [0.25, 0.3) is 11.0 Å². The molecule has 0 saturated carbocycles. The average Bonchev–Trinajstić information content (AvgIpc) is 2.93. The number of likely N-dealkylation sites (tertiary alicyclic amines) is 2. The van der Waals surface area contributed by atoms with E-state index in [0.29, 0.717) is 13.1 Å². The lowest BCUT2D eigenvalue weighted by Crippen LogP contribution is -2.48. The number of para-hydroxylation sites is 2. The molecular formula is C24H34N4O2. The van der Waals surface area contributed by atoms with E-state index < -0.39 is 0 Å². The minimum atomic E-state index is -0.145. The van der Waals surface area contributed by atoms with Gasteiger partial charge in [-0.05, 0) is 44.7 Å². The standard InChI is InChI=1S/C24H34N4O2/c1-18(16-28-19(2)25-21-11-5-6-12-22(21)28)23(29)27-15-9-10-20(17-27)24(30)26-13-7-3-4-8-14-26/h5-6,11-12,18,20H,3-4,7-10,13-17H2,1-2H3/t18-,20+/m0/s1. The van der Waals surface area contributed by atoms with Crippen LogP contribution in [0.4, 0.5) is 0 Å². The molecule has 1 aromatic heterocycles. The zero-order valence-corrected chi connectivity index (χ0v) is 18.3. The molecule has 2 fully saturated rings. The molecule has 30 heavy (non-hydrogen) atoms. The van der Waals surface area contributed by atoms with Gasteiger partial charge in [0.2, 0.25) is 11.8 Å². The Morgan fingerprint density at radius 1 is 1.03 bits per heavy atom. The molecule has 2 amide bonds. The van der Waals surface area contributed by atoms with Crippen LogP contribution in [0.15, 0.2) is 24.3 Å². The lowest BCUT2D eigenvalue weighted by Gasteiger charge is -2.36. The van der Waals surface area contributed by atoms with E-state index in [9.17, 15) is 9.59 Å². The van der Waals surface area contributed by atoms with E-state index in [0.717, 1.165) is 62.2 Å². The lowest BCUT2D eigenvalue weighted by molar-refractivity contribution is -0.142. The van der Waals surface area contributed by atoms with Gasteiger partial charge in [-0.1, -0.05) is 31.9 Å². The molecular weight excluding hydrogens is 376 g/mol. The summed E-state index contributed by atoms with van der Waals surface area (Å²) in [5.41, 5.74) is 2.04. The number of aryl methyl sites for hydroxylation is 1. The Bertz CT molecular complexity index is 898. The number of rotatable bonds is 4. The van der Waals surface area contributed by atoms with E-state index in [2.05, 4.69) is 20.5 Å².